The zero-order valence-electron chi connectivity index (χ0n) is 14.7. The van der Waals surface area contributed by atoms with E-state index in [9.17, 15) is 0 Å². The fourth-order valence-electron chi connectivity index (χ4n) is 3.03. The van der Waals surface area contributed by atoms with Crippen LogP contribution in [0.2, 0.25) is 0 Å². The molecule has 3 rings (SSSR count). The van der Waals surface area contributed by atoms with Crippen LogP contribution >= 0.6 is 0 Å². The van der Waals surface area contributed by atoms with E-state index in [4.69, 9.17) is 9.40 Å². The van der Waals surface area contributed by atoms with Gasteiger partial charge < -0.3 is 9.73 Å². The first kappa shape index (κ1) is 16.6. The monoisotopic (exact) mass is 325 g/mol. The molecule has 0 unspecified atom stereocenters. The Bertz CT molecular complexity index is 759. The summed E-state index contributed by atoms with van der Waals surface area (Å²) < 4.78 is 7.38. The number of rotatable bonds is 9. The van der Waals surface area contributed by atoms with Gasteiger partial charge in [0.05, 0.1) is 12.5 Å². The van der Waals surface area contributed by atoms with Gasteiger partial charge in [-0.05, 0) is 37.1 Å². The summed E-state index contributed by atoms with van der Waals surface area (Å²) in [5.74, 6) is 1.06. The van der Waals surface area contributed by atoms with Crippen molar-refractivity contribution in [2.45, 2.75) is 52.4 Å². The van der Waals surface area contributed by atoms with Crippen LogP contribution in [0, 0.1) is 6.92 Å². The minimum Gasteiger partial charge on any atom is -0.472 e. The lowest BCUT2D eigenvalue weighted by atomic mass is 10.1. The van der Waals surface area contributed by atoms with Gasteiger partial charge in [0.25, 0.3) is 0 Å². The molecule has 0 bridgehead atoms. The molecule has 0 aromatic carbocycles. The van der Waals surface area contributed by atoms with Crippen LogP contribution in [0.25, 0.3) is 16.9 Å². The largest absolute Gasteiger partial charge is 0.472 e. The molecule has 0 fully saturated rings. The average Bonchev–Trinajstić information content (AvgIpc) is 3.21. The van der Waals surface area contributed by atoms with Gasteiger partial charge in [-0.15, -0.1) is 0 Å². The smallest absolute Gasteiger partial charge is 0.139 e. The van der Waals surface area contributed by atoms with Crippen molar-refractivity contribution in [3.05, 3.63) is 42.5 Å². The number of hydrogen-bond donors (Lipinski definition) is 1. The lowest BCUT2D eigenvalue weighted by Gasteiger charge is -2.08. The summed E-state index contributed by atoms with van der Waals surface area (Å²) in [5, 5.41) is 3.59. The SMILES string of the molecule is CCCCCCCCNc1c(-c2ccoc2)nc2cc(C)ccn12. The van der Waals surface area contributed by atoms with E-state index in [1.54, 1.807) is 12.5 Å². The van der Waals surface area contributed by atoms with Crippen molar-refractivity contribution < 1.29 is 4.42 Å². The van der Waals surface area contributed by atoms with Gasteiger partial charge in [0.1, 0.15) is 17.2 Å². The molecule has 3 aromatic heterocycles. The van der Waals surface area contributed by atoms with Gasteiger partial charge >= 0.3 is 0 Å². The van der Waals surface area contributed by atoms with Crippen LogP contribution in [0.1, 0.15) is 51.0 Å². The predicted octanol–water partition coefficient (Wildman–Crippen LogP) is 5.68. The first-order valence-electron chi connectivity index (χ1n) is 9.04. The minimum atomic E-state index is 0.959. The molecule has 4 nitrogen and oxygen atoms in total. The Morgan fingerprint density at radius 1 is 1.12 bits per heavy atom. The molecule has 0 saturated heterocycles. The Labute approximate surface area is 143 Å². The van der Waals surface area contributed by atoms with E-state index < -0.39 is 0 Å². The second-order valence-corrected chi connectivity index (χ2v) is 6.45. The molecule has 0 atom stereocenters. The van der Waals surface area contributed by atoms with Crippen molar-refractivity contribution in [2.24, 2.45) is 0 Å². The van der Waals surface area contributed by atoms with Crippen LogP contribution < -0.4 is 5.32 Å². The number of aryl methyl sites for hydroxylation is 1. The summed E-state index contributed by atoms with van der Waals surface area (Å²) in [4.78, 5) is 4.80. The van der Waals surface area contributed by atoms with Crippen molar-refractivity contribution in [2.75, 3.05) is 11.9 Å². The van der Waals surface area contributed by atoms with Crippen molar-refractivity contribution in [1.82, 2.24) is 9.38 Å². The molecule has 0 aliphatic carbocycles. The molecule has 0 spiro atoms. The molecule has 0 saturated carbocycles. The summed E-state index contributed by atoms with van der Waals surface area (Å²) in [6.07, 6.45) is 13.3. The van der Waals surface area contributed by atoms with Crippen molar-refractivity contribution in [3.63, 3.8) is 0 Å². The molecule has 1 N–H and O–H groups in total. The third-order valence-electron chi connectivity index (χ3n) is 4.40. The van der Waals surface area contributed by atoms with Gasteiger partial charge in [0, 0.05) is 18.3 Å². The maximum Gasteiger partial charge on any atom is 0.139 e. The van der Waals surface area contributed by atoms with Gasteiger partial charge in [-0.2, -0.15) is 0 Å². The topological polar surface area (TPSA) is 42.5 Å². The molecule has 0 radical (unpaired) electrons. The molecular weight excluding hydrogens is 298 g/mol. The number of nitrogens with one attached hydrogen (secondary N) is 1. The number of imidazole rings is 1. The van der Waals surface area contributed by atoms with Crippen LogP contribution in [0.15, 0.2) is 41.3 Å². The number of nitrogens with zero attached hydrogens (tertiary/aromatic N) is 2. The van der Waals surface area contributed by atoms with Crippen LogP contribution in [0.4, 0.5) is 5.82 Å². The van der Waals surface area contributed by atoms with E-state index in [1.165, 1.54) is 44.1 Å². The number of unbranched alkanes of at least 4 members (excludes halogenated alkanes) is 5. The lowest BCUT2D eigenvalue weighted by Crippen LogP contribution is -2.05. The number of pyridine rings is 1. The molecule has 0 aliphatic rings. The fraction of sp³-hybridized carbons (Fsp3) is 0.450. The van der Waals surface area contributed by atoms with Crippen LogP contribution in [0.3, 0.4) is 0 Å². The zero-order valence-corrected chi connectivity index (χ0v) is 14.7. The molecule has 128 valence electrons. The number of fused-ring (bicyclic) bond motifs is 1. The molecule has 0 aliphatic heterocycles. The van der Waals surface area contributed by atoms with Gasteiger partial charge in [0.15, 0.2) is 0 Å². The number of anilines is 1. The van der Waals surface area contributed by atoms with Crippen LogP contribution in [0.5, 0.6) is 0 Å². The Balaban J connectivity index is 1.72. The third kappa shape index (κ3) is 3.81. The highest BCUT2D eigenvalue weighted by atomic mass is 16.3. The Morgan fingerprint density at radius 2 is 1.96 bits per heavy atom. The molecular formula is C20H27N3O. The van der Waals surface area contributed by atoms with Crippen molar-refractivity contribution in [1.29, 1.82) is 0 Å². The maximum absolute atomic E-state index is 5.25. The minimum absolute atomic E-state index is 0.959. The molecule has 3 aromatic rings. The predicted molar refractivity (Wildman–Crippen MR) is 99.5 cm³/mol. The first-order chi connectivity index (χ1) is 11.8. The van der Waals surface area contributed by atoms with Crippen LogP contribution in [-0.2, 0) is 0 Å². The van der Waals surface area contributed by atoms with Gasteiger partial charge in [0.2, 0.25) is 0 Å². The fourth-order valence-corrected chi connectivity index (χ4v) is 3.03. The Hall–Kier alpha value is -2.23. The normalized spacial score (nSPS) is 11.2. The molecule has 0 amide bonds. The average molecular weight is 325 g/mol. The Kier molecular flexibility index (Phi) is 5.57. The Morgan fingerprint density at radius 3 is 2.75 bits per heavy atom. The first-order valence-corrected chi connectivity index (χ1v) is 9.04. The van der Waals surface area contributed by atoms with Gasteiger partial charge in [-0.1, -0.05) is 39.0 Å². The highest BCUT2D eigenvalue weighted by Crippen LogP contribution is 2.29. The quantitative estimate of drug-likeness (QED) is 0.515. The van der Waals surface area contributed by atoms with E-state index >= 15 is 0 Å². The van der Waals surface area contributed by atoms with E-state index in [0.29, 0.717) is 0 Å². The standard InChI is InChI=1S/C20H27N3O/c1-3-4-5-6-7-8-11-21-20-19(17-10-13-24-15-17)22-18-14-16(2)9-12-23(18)20/h9-10,12-15,21H,3-8,11H2,1-2H3. The lowest BCUT2D eigenvalue weighted by molar-refractivity contribution is 0.568. The summed E-state index contributed by atoms with van der Waals surface area (Å²) in [5.41, 5.74) is 4.16. The highest BCUT2D eigenvalue weighted by molar-refractivity contribution is 5.76. The molecule has 3 heterocycles. The van der Waals surface area contributed by atoms with E-state index in [1.807, 2.05) is 6.07 Å². The third-order valence-corrected chi connectivity index (χ3v) is 4.40. The second-order valence-electron chi connectivity index (χ2n) is 6.45. The number of hydrogen-bond acceptors (Lipinski definition) is 3. The van der Waals surface area contributed by atoms with Gasteiger partial charge in [-0.3, -0.25) is 4.40 Å². The van der Waals surface area contributed by atoms with E-state index in [-0.39, 0.29) is 0 Å². The summed E-state index contributed by atoms with van der Waals surface area (Å²) in [6, 6.07) is 6.19. The van der Waals surface area contributed by atoms with Crippen LogP contribution in [-0.4, -0.2) is 15.9 Å². The van der Waals surface area contributed by atoms with Gasteiger partial charge in [-0.25, -0.2) is 4.98 Å². The van der Waals surface area contributed by atoms with Crippen molar-refractivity contribution >= 4 is 11.5 Å². The van der Waals surface area contributed by atoms with E-state index in [2.05, 4.69) is 41.9 Å². The summed E-state index contributed by atoms with van der Waals surface area (Å²) in [7, 11) is 0. The second kappa shape index (κ2) is 8.04. The van der Waals surface area contributed by atoms with E-state index in [0.717, 1.165) is 29.3 Å². The van der Waals surface area contributed by atoms with Crippen molar-refractivity contribution in [3.8, 4) is 11.3 Å². The summed E-state index contributed by atoms with van der Waals surface area (Å²) in [6.45, 7) is 5.32. The molecule has 4 heteroatoms. The highest BCUT2D eigenvalue weighted by Gasteiger charge is 2.14. The number of furan rings is 1. The maximum atomic E-state index is 5.25. The molecule has 24 heavy (non-hydrogen) atoms. The number of aromatic nitrogens is 2. The summed E-state index contributed by atoms with van der Waals surface area (Å²) >= 11 is 0. The zero-order chi connectivity index (χ0) is 16.8.